The Bertz CT molecular complexity index is 713. The summed E-state index contributed by atoms with van der Waals surface area (Å²) < 4.78 is 11.4. The van der Waals surface area contributed by atoms with Crippen LogP contribution in [0.3, 0.4) is 0 Å². The average molecular weight is 597 g/mol. The second kappa shape index (κ2) is 22.5. The molecule has 2 aliphatic heterocycles. The SMILES string of the molecule is CCCCCCCCCCCC[C@@H](O)[C@H]1CC[C@H]([C@@H](O)CC[C@H](O)CCCCCCC[C@H]2C[C@H](CC(C)=O)C(=O)O2)O1. The third kappa shape index (κ3) is 16.2. The fraction of sp³-hybridized carbons (Fsp3) is 0.943. The Hall–Kier alpha value is -1.02. The van der Waals surface area contributed by atoms with Crippen molar-refractivity contribution >= 4 is 11.8 Å². The Morgan fingerprint density at radius 3 is 1.86 bits per heavy atom. The van der Waals surface area contributed by atoms with E-state index < -0.39 is 18.3 Å². The summed E-state index contributed by atoms with van der Waals surface area (Å²) in [6, 6.07) is 0. The molecule has 2 rings (SSSR count). The van der Waals surface area contributed by atoms with Crippen LogP contribution in [0.25, 0.3) is 0 Å². The molecule has 7 heteroatoms. The maximum absolute atomic E-state index is 11.8. The molecule has 0 amide bonds. The number of Topliss-reactive ketones (excluding diaryl/α,β-unsaturated/α-hetero) is 1. The second-order valence-corrected chi connectivity index (χ2v) is 13.4. The van der Waals surface area contributed by atoms with E-state index in [-0.39, 0.29) is 36.0 Å². The smallest absolute Gasteiger partial charge is 0.309 e. The van der Waals surface area contributed by atoms with Gasteiger partial charge in [0.15, 0.2) is 0 Å². The summed E-state index contributed by atoms with van der Waals surface area (Å²) in [6.07, 6.45) is 22.2. The molecule has 0 aromatic rings. The van der Waals surface area contributed by atoms with Crippen molar-refractivity contribution in [2.75, 3.05) is 0 Å². The molecule has 0 aliphatic carbocycles. The second-order valence-electron chi connectivity index (χ2n) is 13.4. The number of carbonyl (C=O) groups excluding carboxylic acids is 2. The van der Waals surface area contributed by atoms with Crippen LogP contribution < -0.4 is 0 Å². The van der Waals surface area contributed by atoms with Gasteiger partial charge in [-0.05, 0) is 64.7 Å². The molecule has 0 unspecified atom stereocenters. The van der Waals surface area contributed by atoms with Crippen molar-refractivity contribution in [2.45, 2.75) is 205 Å². The summed E-state index contributed by atoms with van der Waals surface area (Å²) in [5.41, 5.74) is 0. The molecular weight excluding hydrogens is 532 g/mol. The zero-order chi connectivity index (χ0) is 30.6. The summed E-state index contributed by atoms with van der Waals surface area (Å²) in [5.74, 6) is -0.426. The van der Waals surface area contributed by atoms with Gasteiger partial charge < -0.3 is 29.6 Å². The summed E-state index contributed by atoms with van der Waals surface area (Å²) in [7, 11) is 0. The van der Waals surface area contributed by atoms with Crippen LogP contribution in [0.2, 0.25) is 0 Å². The van der Waals surface area contributed by atoms with Crippen molar-refractivity contribution < 1.29 is 34.4 Å². The van der Waals surface area contributed by atoms with Gasteiger partial charge in [-0.25, -0.2) is 0 Å². The van der Waals surface area contributed by atoms with Gasteiger partial charge in [-0.2, -0.15) is 0 Å². The highest BCUT2D eigenvalue weighted by Gasteiger charge is 2.35. The number of aliphatic hydroxyl groups excluding tert-OH is 3. The van der Waals surface area contributed by atoms with Gasteiger partial charge in [-0.15, -0.1) is 0 Å². The summed E-state index contributed by atoms with van der Waals surface area (Å²) in [5, 5.41) is 31.6. The zero-order valence-corrected chi connectivity index (χ0v) is 27.0. The molecule has 7 nitrogen and oxygen atoms in total. The maximum Gasteiger partial charge on any atom is 0.309 e. The minimum absolute atomic E-state index is 0.0398. The van der Waals surface area contributed by atoms with E-state index in [0.717, 1.165) is 70.6 Å². The fourth-order valence-corrected chi connectivity index (χ4v) is 6.67. The van der Waals surface area contributed by atoms with Crippen LogP contribution in [0.5, 0.6) is 0 Å². The molecule has 0 saturated carbocycles. The van der Waals surface area contributed by atoms with Crippen molar-refractivity contribution in [3.05, 3.63) is 0 Å². The fourth-order valence-electron chi connectivity index (χ4n) is 6.67. The number of carbonyl (C=O) groups is 2. The minimum Gasteiger partial charge on any atom is -0.462 e. The topological polar surface area (TPSA) is 113 Å². The predicted molar refractivity (Wildman–Crippen MR) is 167 cm³/mol. The van der Waals surface area contributed by atoms with E-state index >= 15 is 0 Å². The Labute approximate surface area is 256 Å². The van der Waals surface area contributed by atoms with E-state index in [2.05, 4.69) is 6.92 Å². The number of cyclic esters (lactones) is 1. The van der Waals surface area contributed by atoms with Crippen LogP contribution >= 0.6 is 0 Å². The molecule has 7 atom stereocenters. The quantitative estimate of drug-likeness (QED) is 0.0707. The van der Waals surface area contributed by atoms with Gasteiger partial charge in [-0.1, -0.05) is 96.8 Å². The molecule has 3 N–H and O–H groups in total. The van der Waals surface area contributed by atoms with Gasteiger partial charge in [0.05, 0.1) is 36.4 Å². The lowest BCUT2D eigenvalue weighted by atomic mass is 9.96. The number of rotatable bonds is 26. The number of ketones is 1. The van der Waals surface area contributed by atoms with E-state index in [1.807, 2.05) is 0 Å². The molecule has 0 aromatic carbocycles. The summed E-state index contributed by atoms with van der Waals surface area (Å²) >= 11 is 0. The Kier molecular flexibility index (Phi) is 19.9. The number of unbranched alkanes of at least 4 members (excludes halogenated alkanes) is 13. The molecule has 0 bridgehead atoms. The number of hydrogen-bond donors (Lipinski definition) is 3. The maximum atomic E-state index is 11.8. The van der Waals surface area contributed by atoms with Crippen LogP contribution in [0, 0.1) is 5.92 Å². The van der Waals surface area contributed by atoms with Crippen molar-refractivity contribution in [2.24, 2.45) is 5.92 Å². The average Bonchev–Trinajstić information content (AvgIpc) is 3.59. The molecule has 2 heterocycles. The third-order valence-electron chi connectivity index (χ3n) is 9.35. The first-order chi connectivity index (χ1) is 20.3. The molecule has 0 radical (unpaired) electrons. The molecule has 246 valence electrons. The summed E-state index contributed by atoms with van der Waals surface area (Å²) in [6.45, 7) is 3.77. The van der Waals surface area contributed by atoms with E-state index in [4.69, 9.17) is 9.47 Å². The van der Waals surface area contributed by atoms with E-state index in [0.29, 0.717) is 25.7 Å². The van der Waals surface area contributed by atoms with Crippen molar-refractivity contribution in [3.8, 4) is 0 Å². The van der Waals surface area contributed by atoms with Gasteiger partial charge in [0, 0.05) is 6.42 Å². The van der Waals surface area contributed by atoms with Crippen LogP contribution in [0.1, 0.15) is 168 Å². The number of hydrogen-bond acceptors (Lipinski definition) is 7. The first-order valence-electron chi connectivity index (χ1n) is 17.7. The molecule has 0 aromatic heterocycles. The van der Waals surface area contributed by atoms with Gasteiger partial charge in [0.2, 0.25) is 0 Å². The van der Waals surface area contributed by atoms with Crippen molar-refractivity contribution in [1.82, 2.24) is 0 Å². The van der Waals surface area contributed by atoms with Crippen LogP contribution in [0.4, 0.5) is 0 Å². The van der Waals surface area contributed by atoms with Crippen molar-refractivity contribution in [1.29, 1.82) is 0 Å². The largest absolute Gasteiger partial charge is 0.462 e. The van der Waals surface area contributed by atoms with Gasteiger partial charge in [0.1, 0.15) is 11.9 Å². The Morgan fingerprint density at radius 2 is 1.26 bits per heavy atom. The highest BCUT2D eigenvalue weighted by atomic mass is 16.6. The molecule has 42 heavy (non-hydrogen) atoms. The van der Waals surface area contributed by atoms with E-state index in [9.17, 15) is 24.9 Å². The van der Waals surface area contributed by atoms with E-state index in [1.54, 1.807) is 0 Å². The third-order valence-corrected chi connectivity index (χ3v) is 9.35. The highest BCUT2D eigenvalue weighted by molar-refractivity contribution is 5.83. The van der Waals surface area contributed by atoms with E-state index in [1.165, 1.54) is 64.7 Å². The zero-order valence-electron chi connectivity index (χ0n) is 27.0. The number of aliphatic hydroxyl groups is 3. The first-order valence-corrected chi connectivity index (χ1v) is 17.7. The molecule has 0 spiro atoms. The molecule has 2 saturated heterocycles. The monoisotopic (exact) mass is 596 g/mol. The van der Waals surface area contributed by atoms with Gasteiger partial charge in [0.25, 0.3) is 0 Å². The number of esters is 1. The molecule has 2 fully saturated rings. The molecular formula is C35H64O7. The predicted octanol–water partition coefficient (Wildman–Crippen LogP) is 7.35. The minimum atomic E-state index is -0.589. The standard InChI is InChI=1S/C35H64O7/c1-3-4-5-6-7-8-9-10-14-17-20-31(38)33-23-24-34(42-33)32(39)22-21-29(37)18-15-12-11-13-16-19-30-26-28(25-27(2)36)35(40)41-30/h28-34,37-39H,3-26H2,1-2H3/t28-,29+,30-,31+,32-,33+,34+/m0/s1. The lowest BCUT2D eigenvalue weighted by Crippen LogP contribution is -2.31. The first kappa shape index (κ1) is 37.2. The normalized spacial score (nSPS) is 24.5. The van der Waals surface area contributed by atoms with Gasteiger partial charge >= 0.3 is 5.97 Å². The Morgan fingerprint density at radius 1 is 0.738 bits per heavy atom. The number of ether oxygens (including phenoxy) is 2. The lowest BCUT2D eigenvalue weighted by Gasteiger charge is -2.23. The highest BCUT2D eigenvalue weighted by Crippen LogP contribution is 2.29. The van der Waals surface area contributed by atoms with Crippen molar-refractivity contribution in [3.63, 3.8) is 0 Å². The van der Waals surface area contributed by atoms with Crippen LogP contribution in [-0.4, -0.2) is 63.7 Å². The van der Waals surface area contributed by atoms with Crippen LogP contribution in [-0.2, 0) is 19.1 Å². The lowest BCUT2D eigenvalue weighted by molar-refractivity contribution is -0.145. The molecule has 2 aliphatic rings. The Balaban J connectivity index is 1.42. The summed E-state index contributed by atoms with van der Waals surface area (Å²) in [4.78, 5) is 23.1. The van der Waals surface area contributed by atoms with Gasteiger partial charge in [-0.3, -0.25) is 4.79 Å². The van der Waals surface area contributed by atoms with Crippen LogP contribution in [0.15, 0.2) is 0 Å².